The zero-order chi connectivity index (χ0) is 17.6. The van der Waals surface area contributed by atoms with Crippen LogP contribution >= 0.6 is 0 Å². The Labute approximate surface area is 150 Å². The maximum absolute atomic E-state index is 12.4. The van der Waals surface area contributed by atoms with Crippen molar-refractivity contribution in [3.8, 4) is 0 Å². The van der Waals surface area contributed by atoms with Crippen LogP contribution in [-0.2, 0) is 17.6 Å². The highest BCUT2D eigenvalue weighted by molar-refractivity contribution is 5.78. The van der Waals surface area contributed by atoms with Gasteiger partial charge in [0.2, 0.25) is 5.91 Å². The summed E-state index contributed by atoms with van der Waals surface area (Å²) in [6.45, 7) is 3.86. The highest BCUT2D eigenvalue weighted by Crippen LogP contribution is 2.23. The summed E-state index contributed by atoms with van der Waals surface area (Å²) in [7, 11) is 0. The number of rotatable bonds is 5. The van der Waals surface area contributed by atoms with Gasteiger partial charge >= 0.3 is 0 Å². The van der Waals surface area contributed by atoms with E-state index >= 15 is 0 Å². The van der Waals surface area contributed by atoms with E-state index in [9.17, 15) is 4.79 Å². The van der Waals surface area contributed by atoms with Crippen LogP contribution in [0, 0.1) is 12.8 Å². The minimum absolute atomic E-state index is 0.175. The first-order chi connectivity index (χ1) is 12.1. The molecular formula is C21H27N3O. The molecule has 3 rings (SSSR count). The van der Waals surface area contributed by atoms with Crippen molar-refractivity contribution >= 4 is 11.6 Å². The van der Waals surface area contributed by atoms with Crippen LogP contribution in [0.15, 0.2) is 42.6 Å². The third kappa shape index (κ3) is 5.05. The molecule has 0 bridgehead atoms. The second-order valence-corrected chi connectivity index (χ2v) is 7.11. The molecule has 1 fully saturated rings. The van der Waals surface area contributed by atoms with Crippen molar-refractivity contribution in [2.45, 2.75) is 39.0 Å². The first-order valence-corrected chi connectivity index (χ1v) is 9.14. The second-order valence-electron chi connectivity index (χ2n) is 7.11. The number of nitrogens with zero attached hydrogens (tertiary/aromatic N) is 2. The van der Waals surface area contributed by atoms with Gasteiger partial charge in [-0.15, -0.1) is 0 Å². The van der Waals surface area contributed by atoms with Crippen LogP contribution < -0.4 is 5.73 Å². The van der Waals surface area contributed by atoms with Gasteiger partial charge in [-0.2, -0.15) is 0 Å². The van der Waals surface area contributed by atoms with E-state index in [0.717, 1.165) is 44.0 Å². The van der Waals surface area contributed by atoms with E-state index < -0.39 is 0 Å². The molecule has 132 valence electrons. The van der Waals surface area contributed by atoms with Crippen LogP contribution in [0.3, 0.4) is 0 Å². The van der Waals surface area contributed by atoms with Crippen molar-refractivity contribution in [2.24, 2.45) is 5.92 Å². The second kappa shape index (κ2) is 8.15. The standard InChI is InChI=1S/C21H27N3O/c1-16-2-4-17(5-3-16)6-7-18-10-12-24(13-11-18)21(25)14-20-9-8-19(22)15-23-20/h2-5,8-9,15,18H,6-7,10-14,22H2,1H3. The molecule has 1 aromatic carbocycles. The summed E-state index contributed by atoms with van der Waals surface area (Å²) in [5, 5.41) is 0. The summed E-state index contributed by atoms with van der Waals surface area (Å²) >= 11 is 0. The predicted molar refractivity (Wildman–Crippen MR) is 101 cm³/mol. The van der Waals surface area contributed by atoms with Gasteiger partial charge in [0.15, 0.2) is 0 Å². The van der Waals surface area contributed by atoms with Crippen molar-refractivity contribution in [3.63, 3.8) is 0 Å². The van der Waals surface area contributed by atoms with Crippen LogP contribution in [0.25, 0.3) is 0 Å². The van der Waals surface area contributed by atoms with Crippen molar-refractivity contribution in [1.82, 2.24) is 9.88 Å². The molecule has 0 atom stereocenters. The van der Waals surface area contributed by atoms with Gasteiger partial charge < -0.3 is 10.6 Å². The quantitative estimate of drug-likeness (QED) is 0.910. The molecule has 4 heteroatoms. The number of anilines is 1. The van der Waals surface area contributed by atoms with Crippen molar-refractivity contribution in [3.05, 3.63) is 59.4 Å². The van der Waals surface area contributed by atoms with E-state index in [4.69, 9.17) is 5.73 Å². The Bertz CT molecular complexity index is 686. The largest absolute Gasteiger partial charge is 0.397 e. The SMILES string of the molecule is Cc1ccc(CCC2CCN(C(=O)Cc3ccc(N)cn3)CC2)cc1. The molecule has 0 saturated carbocycles. The summed E-state index contributed by atoms with van der Waals surface area (Å²) in [6.07, 6.45) is 6.53. The monoisotopic (exact) mass is 337 g/mol. The van der Waals surface area contributed by atoms with Crippen LogP contribution in [0.4, 0.5) is 5.69 Å². The Morgan fingerprint density at radius 1 is 1.16 bits per heavy atom. The van der Waals surface area contributed by atoms with Gasteiger partial charge in [0.25, 0.3) is 0 Å². The minimum Gasteiger partial charge on any atom is -0.397 e. The molecular weight excluding hydrogens is 310 g/mol. The highest BCUT2D eigenvalue weighted by atomic mass is 16.2. The molecule has 1 aromatic heterocycles. The molecule has 1 amide bonds. The van der Waals surface area contributed by atoms with E-state index in [0.29, 0.717) is 12.1 Å². The molecule has 0 radical (unpaired) electrons. The number of carbonyl (C=O) groups excluding carboxylic acids is 1. The fourth-order valence-electron chi connectivity index (χ4n) is 3.40. The molecule has 0 aliphatic carbocycles. The lowest BCUT2D eigenvalue weighted by atomic mass is 9.90. The van der Waals surface area contributed by atoms with E-state index in [1.807, 2.05) is 11.0 Å². The van der Waals surface area contributed by atoms with Gasteiger partial charge in [-0.1, -0.05) is 29.8 Å². The Balaban J connectivity index is 1.42. The molecule has 1 saturated heterocycles. The number of hydrogen-bond acceptors (Lipinski definition) is 3. The summed E-state index contributed by atoms with van der Waals surface area (Å²) in [5.74, 6) is 0.897. The normalized spacial score (nSPS) is 15.3. The van der Waals surface area contributed by atoms with Crippen molar-refractivity contribution < 1.29 is 4.79 Å². The summed E-state index contributed by atoms with van der Waals surface area (Å²) in [6, 6.07) is 12.5. The topological polar surface area (TPSA) is 59.2 Å². The summed E-state index contributed by atoms with van der Waals surface area (Å²) in [5.41, 5.74) is 9.78. The lowest BCUT2D eigenvalue weighted by Gasteiger charge is -2.32. The average Bonchev–Trinajstić information content (AvgIpc) is 2.63. The van der Waals surface area contributed by atoms with Crippen LogP contribution in [0.2, 0.25) is 0 Å². The van der Waals surface area contributed by atoms with Crippen LogP contribution in [0.5, 0.6) is 0 Å². The maximum Gasteiger partial charge on any atom is 0.228 e. The number of likely N-dealkylation sites (tertiary alicyclic amines) is 1. The molecule has 1 aliphatic rings. The smallest absolute Gasteiger partial charge is 0.228 e. The van der Waals surface area contributed by atoms with Crippen LogP contribution in [0.1, 0.15) is 36.1 Å². The summed E-state index contributed by atoms with van der Waals surface area (Å²) < 4.78 is 0. The molecule has 2 N–H and O–H groups in total. The van der Waals surface area contributed by atoms with Gasteiger partial charge in [-0.25, -0.2) is 0 Å². The molecule has 1 aliphatic heterocycles. The number of amides is 1. The van der Waals surface area contributed by atoms with Crippen molar-refractivity contribution in [1.29, 1.82) is 0 Å². The van der Waals surface area contributed by atoms with E-state index in [1.54, 1.807) is 12.3 Å². The number of aromatic nitrogens is 1. The number of nitrogens with two attached hydrogens (primary N) is 1. The minimum atomic E-state index is 0.175. The maximum atomic E-state index is 12.4. The molecule has 2 heterocycles. The number of nitrogen functional groups attached to an aromatic ring is 1. The highest BCUT2D eigenvalue weighted by Gasteiger charge is 2.22. The lowest BCUT2D eigenvalue weighted by molar-refractivity contribution is -0.131. The Kier molecular flexibility index (Phi) is 5.69. The van der Waals surface area contributed by atoms with Gasteiger partial charge in [0, 0.05) is 18.8 Å². The number of pyridine rings is 1. The zero-order valence-electron chi connectivity index (χ0n) is 14.9. The first kappa shape index (κ1) is 17.5. The van der Waals surface area contributed by atoms with Crippen LogP contribution in [-0.4, -0.2) is 28.9 Å². The van der Waals surface area contributed by atoms with E-state index in [-0.39, 0.29) is 5.91 Å². The first-order valence-electron chi connectivity index (χ1n) is 9.14. The Hall–Kier alpha value is -2.36. The molecule has 4 nitrogen and oxygen atoms in total. The Morgan fingerprint density at radius 2 is 1.88 bits per heavy atom. The lowest BCUT2D eigenvalue weighted by Crippen LogP contribution is -2.39. The summed E-state index contributed by atoms with van der Waals surface area (Å²) in [4.78, 5) is 18.6. The number of hydrogen-bond donors (Lipinski definition) is 1. The predicted octanol–water partition coefficient (Wildman–Crippen LogP) is 3.39. The van der Waals surface area contributed by atoms with Gasteiger partial charge in [-0.3, -0.25) is 9.78 Å². The molecule has 0 spiro atoms. The third-order valence-electron chi connectivity index (χ3n) is 5.11. The fraction of sp³-hybridized carbons (Fsp3) is 0.429. The molecule has 2 aromatic rings. The van der Waals surface area contributed by atoms with Crippen molar-refractivity contribution in [2.75, 3.05) is 18.8 Å². The van der Waals surface area contributed by atoms with Gasteiger partial charge in [0.05, 0.1) is 18.3 Å². The number of benzene rings is 1. The van der Waals surface area contributed by atoms with E-state index in [2.05, 4.69) is 36.2 Å². The zero-order valence-corrected chi connectivity index (χ0v) is 14.9. The number of aryl methyl sites for hydroxylation is 2. The van der Waals surface area contributed by atoms with Gasteiger partial charge in [-0.05, 0) is 56.2 Å². The van der Waals surface area contributed by atoms with Gasteiger partial charge in [0.1, 0.15) is 0 Å². The third-order valence-corrected chi connectivity index (χ3v) is 5.11. The average molecular weight is 337 g/mol. The molecule has 0 unspecified atom stereocenters. The number of piperidine rings is 1. The Morgan fingerprint density at radius 3 is 2.52 bits per heavy atom. The number of carbonyl (C=O) groups is 1. The molecule has 25 heavy (non-hydrogen) atoms. The van der Waals surface area contributed by atoms with E-state index in [1.165, 1.54) is 17.5 Å². The fourth-order valence-corrected chi connectivity index (χ4v) is 3.40.